The average Bonchev–Trinajstić information content (AvgIpc) is 2.93. The van der Waals surface area contributed by atoms with Gasteiger partial charge in [-0.25, -0.2) is 0 Å². The van der Waals surface area contributed by atoms with E-state index in [9.17, 15) is 4.79 Å². The monoisotopic (exact) mass is 287 g/mol. The molecule has 1 aromatic carbocycles. The molecule has 0 atom stereocenters. The molecule has 0 saturated heterocycles. The number of hydrogen-bond acceptors (Lipinski definition) is 6. The van der Waals surface area contributed by atoms with Crippen LogP contribution in [0, 0.1) is 0 Å². The molecule has 2 rings (SSSR count). The number of ether oxygens (including phenoxy) is 1. The highest BCUT2D eigenvalue weighted by Crippen LogP contribution is 2.19. The van der Waals surface area contributed by atoms with E-state index >= 15 is 0 Å². The second kappa shape index (κ2) is 6.17. The van der Waals surface area contributed by atoms with Gasteiger partial charge in [-0.1, -0.05) is 0 Å². The summed E-state index contributed by atoms with van der Waals surface area (Å²) in [5.74, 6) is 1.04. The fourth-order valence-corrected chi connectivity index (χ4v) is 1.82. The third-order valence-electron chi connectivity index (χ3n) is 2.79. The van der Waals surface area contributed by atoms with E-state index < -0.39 is 0 Å². The van der Waals surface area contributed by atoms with Crippen molar-refractivity contribution in [1.29, 1.82) is 0 Å². The number of Topliss-reactive ketones (excluding diaryl/α,β-unsaturated/α-hetero) is 1. The first-order valence-electron chi connectivity index (χ1n) is 6.35. The molecule has 110 valence electrons. The molecular weight excluding hydrogens is 270 g/mol. The van der Waals surface area contributed by atoms with E-state index in [4.69, 9.17) is 4.74 Å². The first-order valence-corrected chi connectivity index (χ1v) is 6.35. The Bertz CT molecular complexity index is 658. The van der Waals surface area contributed by atoms with E-state index in [1.807, 2.05) is 38.4 Å². The van der Waals surface area contributed by atoms with Crippen LogP contribution in [0.1, 0.15) is 12.7 Å². The van der Waals surface area contributed by atoms with Crippen LogP contribution in [0.15, 0.2) is 30.5 Å². The highest BCUT2D eigenvalue weighted by atomic mass is 16.5. The van der Waals surface area contributed by atoms with Crippen molar-refractivity contribution in [3.63, 3.8) is 0 Å². The maximum atomic E-state index is 11.8. The van der Waals surface area contributed by atoms with Crippen molar-refractivity contribution < 1.29 is 9.53 Å². The molecule has 0 aliphatic heterocycles. The lowest BCUT2D eigenvalue weighted by molar-refractivity contribution is -0.111. The number of nitrogens with zero attached hydrogens (tertiary/aromatic N) is 5. The maximum absolute atomic E-state index is 11.8. The second-order valence-corrected chi connectivity index (χ2v) is 4.67. The molecule has 7 nitrogen and oxygen atoms in total. The summed E-state index contributed by atoms with van der Waals surface area (Å²) in [6, 6.07) is 7.27. The summed E-state index contributed by atoms with van der Waals surface area (Å²) in [6.45, 7) is 1.49. The first-order chi connectivity index (χ1) is 10.0. The highest BCUT2D eigenvalue weighted by molar-refractivity contribution is 6.18. The number of rotatable bonds is 5. The van der Waals surface area contributed by atoms with Gasteiger partial charge >= 0.3 is 0 Å². The standard InChI is InChI=1S/C14H17N5O2/c1-10(20)13(9-18(2)3)14-15-16-17-19(14)11-5-7-12(21-4)8-6-11/h5-9H,1-4H3. The molecule has 0 saturated carbocycles. The Morgan fingerprint density at radius 3 is 2.48 bits per heavy atom. The Hall–Kier alpha value is -2.70. The summed E-state index contributed by atoms with van der Waals surface area (Å²) < 4.78 is 6.65. The van der Waals surface area contributed by atoms with E-state index in [1.54, 1.807) is 18.2 Å². The van der Waals surface area contributed by atoms with Crippen LogP contribution >= 0.6 is 0 Å². The van der Waals surface area contributed by atoms with Crippen LogP contribution in [-0.4, -0.2) is 52.1 Å². The molecule has 0 unspecified atom stereocenters. The number of ketones is 1. The van der Waals surface area contributed by atoms with Gasteiger partial charge in [-0.3, -0.25) is 4.79 Å². The SMILES string of the molecule is COc1ccc(-n2nnnc2C(=CN(C)C)C(C)=O)cc1. The normalized spacial score (nSPS) is 11.3. The largest absolute Gasteiger partial charge is 0.497 e. The van der Waals surface area contributed by atoms with E-state index in [0.29, 0.717) is 11.4 Å². The Labute approximate surface area is 122 Å². The molecule has 7 heteroatoms. The molecule has 1 aromatic heterocycles. The van der Waals surface area contributed by atoms with E-state index in [0.717, 1.165) is 11.4 Å². The average molecular weight is 287 g/mol. The maximum Gasteiger partial charge on any atom is 0.192 e. The van der Waals surface area contributed by atoms with Crippen LogP contribution in [0.2, 0.25) is 0 Å². The molecule has 2 aromatic rings. The van der Waals surface area contributed by atoms with Crippen molar-refractivity contribution >= 4 is 11.4 Å². The smallest absolute Gasteiger partial charge is 0.192 e. The summed E-state index contributed by atoms with van der Waals surface area (Å²) >= 11 is 0. The van der Waals surface area contributed by atoms with Crippen molar-refractivity contribution in [1.82, 2.24) is 25.1 Å². The first kappa shape index (κ1) is 14.7. The fourth-order valence-electron chi connectivity index (χ4n) is 1.82. The lowest BCUT2D eigenvalue weighted by Gasteiger charge is -2.10. The van der Waals surface area contributed by atoms with Crippen molar-refractivity contribution in [3.8, 4) is 11.4 Å². The number of carbonyl (C=O) groups excluding carboxylic acids is 1. The van der Waals surface area contributed by atoms with Crippen LogP contribution in [0.4, 0.5) is 0 Å². The zero-order chi connectivity index (χ0) is 15.4. The third kappa shape index (κ3) is 3.25. The molecule has 0 bridgehead atoms. The quantitative estimate of drug-likeness (QED) is 0.768. The summed E-state index contributed by atoms with van der Waals surface area (Å²) in [5, 5.41) is 11.6. The minimum Gasteiger partial charge on any atom is -0.497 e. The van der Waals surface area contributed by atoms with Crippen molar-refractivity contribution in [2.24, 2.45) is 0 Å². The van der Waals surface area contributed by atoms with Gasteiger partial charge in [0, 0.05) is 20.3 Å². The van der Waals surface area contributed by atoms with Gasteiger partial charge < -0.3 is 9.64 Å². The predicted octanol–water partition coefficient (Wildman–Crippen LogP) is 1.16. The van der Waals surface area contributed by atoms with E-state index in [-0.39, 0.29) is 5.78 Å². The van der Waals surface area contributed by atoms with E-state index in [2.05, 4.69) is 15.5 Å². The number of carbonyl (C=O) groups is 1. The minimum atomic E-state index is -0.103. The van der Waals surface area contributed by atoms with Crippen LogP contribution in [-0.2, 0) is 4.79 Å². The molecule has 0 aliphatic rings. The Morgan fingerprint density at radius 2 is 1.95 bits per heavy atom. The number of hydrogen-bond donors (Lipinski definition) is 0. The molecule has 0 amide bonds. The van der Waals surface area contributed by atoms with Gasteiger partial charge in [-0.15, -0.1) is 5.10 Å². The lowest BCUT2D eigenvalue weighted by atomic mass is 10.2. The van der Waals surface area contributed by atoms with Crippen LogP contribution < -0.4 is 4.74 Å². The Balaban J connectivity index is 2.48. The van der Waals surface area contributed by atoms with Crippen LogP contribution in [0.5, 0.6) is 5.75 Å². The van der Waals surface area contributed by atoms with Crippen LogP contribution in [0.3, 0.4) is 0 Å². The van der Waals surface area contributed by atoms with Crippen molar-refractivity contribution in [2.45, 2.75) is 6.92 Å². The Kier molecular flexibility index (Phi) is 4.32. The topological polar surface area (TPSA) is 73.1 Å². The summed E-state index contributed by atoms with van der Waals surface area (Å²) in [6.07, 6.45) is 1.70. The number of allylic oxidation sites excluding steroid dienone is 1. The highest BCUT2D eigenvalue weighted by Gasteiger charge is 2.17. The number of methoxy groups -OCH3 is 1. The predicted molar refractivity (Wildman–Crippen MR) is 78.1 cm³/mol. The molecule has 0 spiro atoms. The molecule has 1 heterocycles. The number of aromatic nitrogens is 4. The fraction of sp³-hybridized carbons (Fsp3) is 0.286. The van der Waals surface area contributed by atoms with E-state index in [1.165, 1.54) is 11.6 Å². The Morgan fingerprint density at radius 1 is 1.29 bits per heavy atom. The number of tetrazole rings is 1. The molecule has 0 aliphatic carbocycles. The van der Waals surface area contributed by atoms with Gasteiger partial charge in [0.15, 0.2) is 11.6 Å². The molecule has 0 fully saturated rings. The minimum absolute atomic E-state index is 0.103. The zero-order valence-electron chi connectivity index (χ0n) is 12.4. The van der Waals surface area contributed by atoms with Gasteiger partial charge in [-0.2, -0.15) is 4.68 Å². The molecule has 0 N–H and O–H groups in total. The summed E-state index contributed by atoms with van der Waals surface area (Å²) in [5.41, 5.74) is 1.20. The van der Waals surface area contributed by atoms with Gasteiger partial charge in [-0.05, 0) is 41.6 Å². The van der Waals surface area contributed by atoms with Crippen molar-refractivity contribution in [2.75, 3.05) is 21.2 Å². The van der Waals surface area contributed by atoms with Crippen LogP contribution in [0.25, 0.3) is 11.3 Å². The summed E-state index contributed by atoms with van der Waals surface area (Å²) in [4.78, 5) is 13.6. The lowest BCUT2D eigenvalue weighted by Crippen LogP contribution is -2.11. The zero-order valence-corrected chi connectivity index (χ0v) is 12.4. The molecular formula is C14H17N5O2. The third-order valence-corrected chi connectivity index (χ3v) is 2.79. The van der Waals surface area contributed by atoms with Gasteiger partial charge in [0.2, 0.25) is 0 Å². The van der Waals surface area contributed by atoms with Gasteiger partial charge in [0.25, 0.3) is 0 Å². The molecule has 21 heavy (non-hydrogen) atoms. The molecule has 0 radical (unpaired) electrons. The second-order valence-electron chi connectivity index (χ2n) is 4.67. The van der Waals surface area contributed by atoms with Gasteiger partial charge in [0.1, 0.15) is 5.75 Å². The summed E-state index contributed by atoms with van der Waals surface area (Å²) in [7, 11) is 5.28. The van der Waals surface area contributed by atoms with Gasteiger partial charge in [0.05, 0.1) is 18.4 Å². The number of benzene rings is 1. The van der Waals surface area contributed by atoms with Crippen molar-refractivity contribution in [3.05, 3.63) is 36.3 Å².